The van der Waals surface area contributed by atoms with E-state index in [1.54, 1.807) is 11.3 Å². The van der Waals surface area contributed by atoms with E-state index in [9.17, 15) is 0 Å². The second-order valence-corrected chi connectivity index (χ2v) is 9.62. The lowest BCUT2D eigenvalue weighted by atomic mass is 9.91. The fourth-order valence-electron chi connectivity index (χ4n) is 3.90. The van der Waals surface area contributed by atoms with Gasteiger partial charge in [-0.1, -0.05) is 36.3 Å². The Kier molecular flexibility index (Phi) is 5.11. The van der Waals surface area contributed by atoms with E-state index in [4.69, 9.17) is 4.42 Å². The van der Waals surface area contributed by atoms with Crippen LogP contribution in [0.25, 0.3) is 15.8 Å². The van der Waals surface area contributed by atoms with Crippen molar-refractivity contribution < 1.29 is 4.42 Å². The molecule has 0 aromatic carbocycles. The van der Waals surface area contributed by atoms with E-state index in [-0.39, 0.29) is 5.41 Å². The van der Waals surface area contributed by atoms with Crippen LogP contribution in [0.1, 0.15) is 75.4 Å². The zero-order valence-electron chi connectivity index (χ0n) is 18.1. The first-order chi connectivity index (χ1) is 13.8. The van der Waals surface area contributed by atoms with E-state index in [0.717, 1.165) is 25.2 Å². The minimum Gasteiger partial charge on any atom is -0.424 e. The number of aromatic nitrogens is 3. The van der Waals surface area contributed by atoms with E-state index < -0.39 is 0 Å². The number of rotatable bonds is 5. The Morgan fingerprint density at radius 2 is 1.93 bits per heavy atom. The van der Waals surface area contributed by atoms with Crippen LogP contribution in [0.2, 0.25) is 0 Å². The molecular formula is C24H29N3OS. The average Bonchev–Trinajstić information content (AvgIpc) is 3.33. The summed E-state index contributed by atoms with van der Waals surface area (Å²) < 4.78 is 5.95. The SMILES string of the molecule is CCCc1nnc(C(C)(C)c2cc3c(C)c(C4=CC(C)=CC(C)=CC4)[nH]c3s2)o1. The van der Waals surface area contributed by atoms with E-state index >= 15 is 0 Å². The third kappa shape index (κ3) is 3.64. The molecule has 1 aliphatic rings. The molecule has 4 nitrogen and oxygen atoms in total. The van der Waals surface area contributed by atoms with Gasteiger partial charge in [-0.2, -0.15) is 0 Å². The maximum absolute atomic E-state index is 5.95. The highest BCUT2D eigenvalue weighted by atomic mass is 32.1. The first-order valence-corrected chi connectivity index (χ1v) is 11.1. The highest BCUT2D eigenvalue weighted by Crippen LogP contribution is 2.41. The van der Waals surface area contributed by atoms with Crippen LogP contribution in [0.3, 0.4) is 0 Å². The molecule has 0 bridgehead atoms. The molecule has 29 heavy (non-hydrogen) atoms. The second-order valence-electron chi connectivity index (χ2n) is 8.56. The first-order valence-electron chi connectivity index (χ1n) is 10.3. The quantitative estimate of drug-likeness (QED) is 0.501. The van der Waals surface area contributed by atoms with Gasteiger partial charge in [0.05, 0.1) is 5.41 Å². The standard InChI is InChI=1S/C24H29N3OS/c1-7-8-20-26-27-23(28-20)24(5,6)19-13-18-16(4)21(25-22(18)29-19)17-10-9-14(2)11-15(3)12-17/h9,11-13,25H,7-8,10H2,1-6H3. The molecule has 5 heteroatoms. The van der Waals surface area contributed by atoms with Gasteiger partial charge in [-0.25, -0.2) is 0 Å². The molecule has 1 aliphatic carbocycles. The van der Waals surface area contributed by atoms with Crippen molar-refractivity contribution in [3.05, 3.63) is 63.4 Å². The normalized spacial score (nSPS) is 15.3. The molecule has 0 fully saturated rings. The smallest absolute Gasteiger partial charge is 0.227 e. The van der Waals surface area contributed by atoms with Crippen molar-refractivity contribution in [1.82, 2.24) is 15.2 Å². The van der Waals surface area contributed by atoms with E-state index in [0.29, 0.717) is 5.89 Å². The van der Waals surface area contributed by atoms with E-state index in [1.165, 1.54) is 43.1 Å². The molecule has 4 rings (SSSR count). The predicted octanol–water partition coefficient (Wildman–Crippen LogP) is 6.88. The minimum atomic E-state index is -0.309. The largest absolute Gasteiger partial charge is 0.424 e. The van der Waals surface area contributed by atoms with E-state index in [1.807, 2.05) is 0 Å². The Morgan fingerprint density at radius 3 is 2.66 bits per heavy atom. The van der Waals surface area contributed by atoms with Crippen LogP contribution in [0.15, 0.2) is 39.9 Å². The molecule has 0 saturated carbocycles. The number of aryl methyl sites for hydroxylation is 2. The number of nitrogens with one attached hydrogen (secondary N) is 1. The highest BCUT2D eigenvalue weighted by Gasteiger charge is 2.32. The Balaban J connectivity index is 1.70. The fraction of sp³-hybridized carbons (Fsp3) is 0.417. The molecule has 152 valence electrons. The summed E-state index contributed by atoms with van der Waals surface area (Å²) in [6.45, 7) is 13.0. The molecule has 0 atom stereocenters. The third-order valence-corrected chi connectivity index (χ3v) is 7.03. The number of allylic oxidation sites excluding steroid dienone is 6. The topological polar surface area (TPSA) is 54.7 Å². The molecule has 0 aliphatic heterocycles. The summed E-state index contributed by atoms with van der Waals surface area (Å²) in [5.74, 6) is 1.42. The van der Waals surface area contributed by atoms with Gasteiger partial charge in [-0.15, -0.1) is 21.5 Å². The van der Waals surface area contributed by atoms with Gasteiger partial charge >= 0.3 is 0 Å². The highest BCUT2D eigenvalue weighted by molar-refractivity contribution is 7.18. The van der Waals surface area contributed by atoms with Gasteiger partial charge in [0.15, 0.2) is 0 Å². The second kappa shape index (κ2) is 7.45. The maximum Gasteiger partial charge on any atom is 0.227 e. The lowest BCUT2D eigenvalue weighted by Crippen LogP contribution is -2.17. The van der Waals surface area contributed by atoms with Crippen LogP contribution < -0.4 is 0 Å². The van der Waals surface area contributed by atoms with Crippen molar-refractivity contribution in [2.24, 2.45) is 0 Å². The molecular weight excluding hydrogens is 378 g/mol. The number of H-pyrrole nitrogens is 1. The van der Waals surface area contributed by atoms with Crippen molar-refractivity contribution in [3.8, 4) is 0 Å². The van der Waals surface area contributed by atoms with Gasteiger partial charge in [0.25, 0.3) is 0 Å². The lowest BCUT2D eigenvalue weighted by Gasteiger charge is -2.18. The zero-order valence-corrected chi connectivity index (χ0v) is 19.0. The Morgan fingerprint density at radius 1 is 1.14 bits per heavy atom. The van der Waals surface area contributed by atoms with Crippen LogP contribution in [-0.4, -0.2) is 15.2 Å². The minimum absolute atomic E-state index is 0.309. The molecule has 0 radical (unpaired) electrons. The summed E-state index contributed by atoms with van der Waals surface area (Å²) in [7, 11) is 0. The molecule has 3 heterocycles. The molecule has 0 amide bonds. The number of hydrogen-bond donors (Lipinski definition) is 1. The molecule has 0 unspecified atom stereocenters. The summed E-state index contributed by atoms with van der Waals surface area (Å²) >= 11 is 1.79. The Labute approximate surface area is 176 Å². The molecule has 1 N–H and O–H groups in total. The summed E-state index contributed by atoms with van der Waals surface area (Å²) in [5, 5.41) is 9.84. The van der Waals surface area contributed by atoms with Gasteiger partial charge in [0.1, 0.15) is 4.83 Å². The Bertz CT molecular complexity index is 1150. The van der Waals surface area contributed by atoms with Crippen molar-refractivity contribution >= 4 is 27.1 Å². The third-order valence-electron chi connectivity index (χ3n) is 5.65. The molecule has 3 aromatic heterocycles. The predicted molar refractivity (Wildman–Crippen MR) is 121 cm³/mol. The lowest BCUT2D eigenvalue weighted by molar-refractivity contribution is 0.390. The number of fused-ring (bicyclic) bond motifs is 1. The zero-order chi connectivity index (χ0) is 20.8. The number of hydrogen-bond acceptors (Lipinski definition) is 4. The molecule has 0 saturated heterocycles. The summed E-state index contributed by atoms with van der Waals surface area (Å²) in [6.07, 6.45) is 9.63. The average molecular weight is 408 g/mol. The maximum atomic E-state index is 5.95. The van der Waals surface area contributed by atoms with Crippen LogP contribution in [-0.2, 0) is 11.8 Å². The summed E-state index contributed by atoms with van der Waals surface area (Å²) in [4.78, 5) is 6.14. The first kappa shape index (κ1) is 19.9. The fourth-order valence-corrected chi connectivity index (χ4v) is 5.11. The Hall–Kier alpha value is -2.40. The van der Waals surface area contributed by atoms with Crippen LogP contribution in [0.4, 0.5) is 0 Å². The summed E-state index contributed by atoms with van der Waals surface area (Å²) in [6, 6.07) is 2.29. The van der Waals surface area contributed by atoms with Crippen LogP contribution in [0, 0.1) is 6.92 Å². The van der Waals surface area contributed by atoms with Crippen molar-refractivity contribution in [2.75, 3.05) is 0 Å². The van der Waals surface area contributed by atoms with Gasteiger partial charge in [-0.3, -0.25) is 0 Å². The van der Waals surface area contributed by atoms with Crippen LogP contribution in [0.5, 0.6) is 0 Å². The monoisotopic (exact) mass is 407 g/mol. The van der Waals surface area contributed by atoms with Crippen molar-refractivity contribution in [3.63, 3.8) is 0 Å². The van der Waals surface area contributed by atoms with Gasteiger partial charge in [-0.05, 0) is 64.7 Å². The number of aromatic amines is 1. The molecule has 0 spiro atoms. The van der Waals surface area contributed by atoms with Crippen LogP contribution >= 0.6 is 11.3 Å². The number of thiophene rings is 1. The van der Waals surface area contributed by atoms with Crippen molar-refractivity contribution in [2.45, 2.75) is 66.2 Å². The number of nitrogens with zero attached hydrogens (tertiary/aromatic N) is 2. The van der Waals surface area contributed by atoms with Gasteiger partial charge in [0, 0.05) is 22.4 Å². The van der Waals surface area contributed by atoms with Gasteiger partial charge < -0.3 is 9.40 Å². The summed E-state index contributed by atoms with van der Waals surface area (Å²) in [5.41, 5.74) is 6.21. The van der Waals surface area contributed by atoms with Gasteiger partial charge in [0.2, 0.25) is 11.8 Å². The van der Waals surface area contributed by atoms with E-state index in [2.05, 4.69) is 81.0 Å². The van der Waals surface area contributed by atoms with Crippen molar-refractivity contribution in [1.29, 1.82) is 0 Å². The molecule has 3 aromatic rings.